The molecule has 0 heterocycles. The Hall–Kier alpha value is 0.259. The number of carbonyl (C=O) groups excluding carboxylic acids is 3. The van der Waals surface area contributed by atoms with E-state index in [1.54, 1.807) is 22.5 Å². The molecule has 0 radical (unpaired) electrons. The third kappa shape index (κ3) is 63.4. The average molecular weight is 561 g/mol. The summed E-state index contributed by atoms with van der Waals surface area (Å²) >= 11 is 11.8. The molecular formula is C18H34O6S3Sn. The number of carboxylic acid groups (broad SMARTS) is 3. The number of hydrogen-bond acceptors (Lipinski definition) is 9. The molecular weight excluding hydrogens is 527 g/mol. The minimum Gasteiger partial charge on any atom is -0.549 e. The molecule has 164 valence electrons. The Morgan fingerprint density at radius 3 is 1.00 bits per heavy atom. The Morgan fingerprint density at radius 2 is 0.821 bits per heavy atom. The van der Waals surface area contributed by atoms with Gasteiger partial charge in [0.1, 0.15) is 0 Å². The molecule has 10 heteroatoms. The summed E-state index contributed by atoms with van der Waals surface area (Å²) < 4.78 is 1.46. The van der Waals surface area contributed by atoms with E-state index in [0.717, 1.165) is 0 Å². The number of hydrogen-bond donors (Lipinski definition) is 3. The standard InChI is InChI=1S/C12H25.3C2H4O2S.Sn/c1-3-5-7-9-11-12-10-8-6-4-2;3*3-2(4)1-5;/h1,3-12H2,2H3;3*5H,1H2,(H,3,4);/q;;;;+3/p-3. The van der Waals surface area contributed by atoms with E-state index in [2.05, 4.69) is 44.8 Å². The van der Waals surface area contributed by atoms with Crippen LogP contribution in [0, 0.1) is 0 Å². The average Bonchev–Trinajstić information content (AvgIpc) is 2.68. The third-order valence-electron chi connectivity index (χ3n) is 2.92. The Morgan fingerprint density at radius 1 is 0.607 bits per heavy atom. The first kappa shape index (κ1) is 35.7. The molecule has 0 aromatic heterocycles. The molecule has 6 nitrogen and oxygen atoms in total. The molecule has 0 N–H and O–H groups in total. The van der Waals surface area contributed by atoms with E-state index in [0.29, 0.717) is 0 Å². The Labute approximate surface area is 200 Å². The summed E-state index contributed by atoms with van der Waals surface area (Å²) in [5.74, 6) is -3.98. The van der Waals surface area contributed by atoms with Crippen molar-refractivity contribution in [3.8, 4) is 0 Å². The van der Waals surface area contributed by atoms with Crippen LogP contribution in [-0.4, -0.2) is 57.7 Å². The summed E-state index contributed by atoms with van der Waals surface area (Å²) in [7, 11) is 0. The Kier molecular flexibility index (Phi) is 44.3. The minimum absolute atomic E-state index is 0.194. The molecule has 0 saturated carbocycles. The molecule has 0 saturated heterocycles. The fourth-order valence-electron chi connectivity index (χ4n) is 1.61. The molecule has 0 aromatic carbocycles. The van der Waals surface area contributed by atoms with E-state index in [4.69, 9.17) is 0 Å². The normalized spacial score (nSPS) is 8.93. The van der Waals surface area contributed by atoms with E-state index in [1.165, 1.54) is 68.6 Å². The van der Waals surface area contributed by atoms with Crippen LogP contribution in [0.5, 0.6) is 0 Å². The summed E-state index contributed by atoms with van der Waals surface area (Å²) in [6.45, 7) is 2.28. The number of carboxylic acids is 3. The van der Waals surface area contributed by atoms with Gasteiger partial charge in [-0.05, 0) is 0 Å². The van der Waals surface area contributed by atoms with Crippen molar-refractivity contribution < 1.29 is 29.7 Å². The molecule has 0 aliphatic carbocycles. The topological polar surface area (TPSA) is 120 Å². The van der Waals surface area contributed by atoms with Gasteiger partial charge >= 0.3 is 98.1 Å². The maximum atomic E-state index is 9.18. The van der Waals surface area contributed by atoms with Gasteiger partial charge in [0.2, 0.25) is 0 Å². The van der Waals surface area contributed by atoms with E-state index in [9.17, 15) is 29.7 Å². The summed E-state index contributed by atoms with van der Waals surface area (Å²) in [5.41, 5.74) is 0. The van der Waals surface area contributed by atoms with Crippen LogP contribution in [0.4, 0.5) is 0 Å². The van der Waals surface area contributed by atoms with Crippen molar-refractivity contribution in [3.63, 3.8) is 0 Å². The van der Waals surface area contributed by atoms with Crippen molar-refractivity contribution in [2.45, 2.75) is 75.6 Å². The van der Waals surface area contributed by atoms with E-state index in [1.807, 2.05) is 0 Å². The molecule has 0 bridgehead atoms. The molecule has 0 rings (SSSR count). The van der Waals surface area contributed by atoms with E-state index < -0.39 is 17.9 Å². The Bertz CT molecular complexity index is 304. The SMILES string of the molecule is CCCCCCCCCCC[CH2][Sn+3].O=C([O-])CS.O=C([O-])CS.O=C([O-])CS. The first-order valence-electron chi connectivity index (χ1n) is 9.29. The van der Waals surface area contributed by atoms with Crippen LogP contribution in [-0.2, 0) is 14.4 Å². The summed E-state index contributed by atoms with van der Waals surface area (Å²) in [6.07, 6.45) is 14.7. The molecule has 0 aliphatic heterocycles. The van der Waals surface area contributed by atoms with Crippen LogP contribution in [0.2, 0.25) is 4.44 Å². The third-order valence-corrected chi connectivity index (χ3v) is 4.70. The smallest absolute Gasteiger partial charge is 0.0510 e. The van der Waals surface area contributed by atoms with Gasteiger partial charge in [0.05, 0.1) is 17.9 Å². The number of thiol groups is 3. The van der Waals surface area contributed by atoms with Crippen molar-refractivity contribution >= 4 is 78.3 Å². The van der Waals surface area contributed by atoms with Crippen molar-refractivity contribution in [1.29, 1.82) is 0 Å². The molecule has 0 spiro atoms. The molecule has 28 heavy (non-hydrogen) atoms. The zero-order chi connectivity index (χ0) is 22.6. The van der Waals surface area contributed by atoms with Gasteiger partial charge in [-0.2, -0.15) is 37.9 Å². The Balaban J connectivity index is -0.000000159. The van der Waals surface area contributed by atoms with Crippen molar-refractivity contribution in [1.82, 2.24) is 0 Å². The number of rotatable bonds is 13. The second kappa shape index (κ2) is 34.7. The number of unbranched alkanes of at least 4 members (excludes halogenated alkanes) is 9. The second-order valence-electron chi connectivity index (χ2n) is 5.52. The van der Waals surface area contributed by atoms with Gasteiger partial charge in [-0.1, -0.05) is 0 Å². The quantitative estimate of drug-likeness (QED) is 0.171. The van der Waals surface area contributed by atoms with Crippen LogP contribution >= 0.6 is 37.9 Å². The molecule has 0 fully saturated rings. The van der Waals surface area contributed by atoms with E-state index >= 15 is 0 Å². The fraction of sp³-hybridized carbons (Fsp3) is 0.833. The van der Waals surface area contributed by atoms with Gasteiger partial charge in [-0.15, -0.1) is 0 Å². The molecule has 0 aromatic rings. The molecule has 0 amide bonds. The van der Waals surface area contributed by atoms with Crippen molar-refractivity contribution in [3.05, 3.63) is 0 Å². The summed E-state index contributed by atoms with van der Waals surface area (Å²) in [6, 6.07) is 0. The fourth-order valence-corrected chi connectivity index (χ4v) is 2.33. The van der Waals surface area contributed by atoms with Crippen LogP contribution in [0.1, 0.15) is 71.1 Å². The maximum Gasteiger partial charge on any atom is 0.0510 e. The van der Waals surface area contributed by atoms with Gasteiger partial charge < -0.3 is 29.7 Å². The van der Waals surface area contributed by atoms with Gasteiger partial charge in [0.25, 0.3) is 0 Å². The maximum absolute atomic E-state index is 9.18. The van der Waals surface area contributed by atoms with Crippen molar-refractivity contribution in [2.75, 3.05) is 17.3 Å². The van der Waals surface area contributed by atoms with Crippen LogP contribution in [0.3, 0.4) is 0 Å². The minimum atomic E-state index is -1.13. The van der Waals surface area contributed by atoms with Gasteiger partial charge in [-0.25, -0.2) is 0 Å². The van der Waals surface area contributed by atoms with E-state index in [-0.39, 0.29) is 17.3 Å². The van der Waals surface area contributed by atoms with Crippen LogP contribution in [0.15, 0.2) is 0 Å². The number of carbonyl (C=O) groups is 3. The predicted octanol–water partition coefficient (Wildman–Crippen LogP) is 0.492. The first-order valence-corrected chi connectivity index (χ1v) is 13.2. The predicted molar refractivity (Wildman–Crippen MR) is 119 cm³/mol. The molecule has 0 unspecified atom stereocenters. The monoisotopic (exact) mass is 562 g/mol. The van der Waals surface area contributed by atoms with Gasteiger partial charge in [-0.3, -0.25) is 0 Å². The van der Waals surface area contributed by atoms with Crippen LogP contribution < -0.4 is 15.3 Å². The number of aliphatic carboxylic acids is 3. The summed E-state index contributed by atoms with van der Waals surface area (Å²) in [4.78, 5) is 27.5. The zero-order valence-corrected chi connectivity index (χ0v) is 22.2. The van der Waals surface area contributed by atoms with Crippen molar-refractivity contribution in [2.24, 2.45) is 0 Å². The summed E-state index contributed by atoms with van der Waals surface area (Å²) in [5, 5.41) is 27.5. The van der Waals surface area contributed by atoms with Gasteiger partial charge in [0.15, 0.2) is 0 Å². The van der Waals surface area contributed by atoms with Gasteiger partial charge in [0, 0.05) is 17.3 Å². The second-order valence-corrected chi connectivity index (χ2v) is 7.90. The first-order chi connectivity index (χ1) is 13.2. The molecule has 0 atom stereocenters. The molecule has 0 aliphatic rings. The largest absolute Gasteiger partial charge is 0.549 e. The van der Waals surface area contributed by atoms with Crippen LogP contribution in [0.25, 0.3) is 0 Å². The zero-order valence-electron chi connectivity index (χ0n) is 16.7.